The predicted octanol–water partition coefficient (Wildman–Crippen LogP) is 2.83. The summed E-state index contributed by atoms with van der Waals surface area (Å²) in [5.41, 5.74) is 0.978. The third-order valence-corrected chi connectivity index (χ3v) is 2.79. The van der Waals surface area contributed by atoms with E-state index in [1.165, 1.54) is 11.3 Å². The molecule has 0 fully saturated rings. The number of nitrogens with zero attached hydrogens (tertiary/aromatic N) is 1. The molecule has 1 aromatic rings. The quantitative estimate of drug-likeness (QED) is 0.845. The Morgan fingerprint density at radius 3 is 2.85 bits per heavy atom. The van der Waals surface area contributed by atoms with Gasteiger partial charge in [-0.2, -0.15) is 0 Å². The molecule has 0 aromatic carbocycles. The van der Waals surface area contributed by atoms with Crippen molar-refractivity contribution in [2.24, 2.45) is 5.92 Å². The molecule has 0 aliphatic heterocycles. The minimum absolute atomic E-state index is 0.0782. The maximum atomic E-state index is 9.04. The van der Waals surface area contributed by atoms with Crippen LogP contribution in [0.3, 0.4) is 0 Å². The molecule has 0 amide bonds. The van der Waals surface area contributed by atoms with Crippen molar-refractivity contribution >= 4 is 29.0 Å². The average Bonchev–Trinajstić information content (AvgIpc) is 2.46. The minimum Gasteiger partial charge on any atom is -0.392 e. The highest BCUT2D eigenvalue weighted by Gasteiger charge is 2.03. The van der Waals surface area contributed by atoms with Gasteiger partial charge in [0, 0.05) is 0 Å². The summed E-state index contributed by atoms with van der Waals surface area (Å²) < 4.78 is 0.673. The second kappa shape index (κ2) is 4.74. The first-order valence-corrected chi connectivity index (χ1v) is 5.25. The van der Waals surface area contributed by atoms with Crippen LogP contribution in [0, 0.1) is 5.92 Å². The third kappa shape index (κ3) is 3.10. The molecular weight excluding hydrogens is 206 g/mol. The van der Waals surface area contributed by atoms with Crippen molar-refractivity contribution in [1.82, 2.24) is 4.98 Å². The monoisotopic (exact) mass is 217 g/mol. The van der Waals surface area contributed by atoms with Crippen molar-refractivity contribution < 1.29 is 5.11 Å². The van der Waals surface area contributed by atoms with Crippen LogP contribution < -0.4 is 0 Å². The Bertz CT molecular complexity index is 306. The van der Waals surface area contributed by atoms with E-state index in [-0.39, 0.29) is 6.61 Å². The van der Waals surface area contributed by atoms with Gasteiger partial charge in [0.25, 0.3) is 0 Å². The van der Waals surface area contributed by atoms with E-state index in [0.717, 1.165) is 10.6 Å². The second-order valence-electron chi connectivity index (χ2n) is 3.03. The lowest BCUT2D eigenvalue weighted by molar-refractivity contribution is 0.320. The lowest BCUT2D eigenvalue weighted by Crippen LogP contribution is -1.98. The van der Waals surface area contributed by atoms with E-state index >= 15 is 0 Å². The Morgan fingerprint density at radius 2 is 2.46 bits per heavy atom. The topological polar surface area (TPSA) is 33.1 Å². The fourth-order valence-electron chi connectivity index (χ4n) is 0.887. The van der Waals surface area contributed by atoms with Gasteiger partial charge in [-0.1, -0.05) is 25.4 Å². The van der Waals surface area contributed by atoms with E-state index in [4.69, 9.17) is 16.7 Å². The molecule has 0 unspecified atom stereocenters. The first-order chi connectivity index (χ1) is 6.13. The number of hydrogen-bond donors (Lipinski definition) is 1. The Morgan fingerprint density at radius 1 is 1.77 bits per heavy atom. The SMILES string of the molecule is CC(C)/C(=C/c1ncc(Cl)s1)CO. The summed E-state index contributed by atoms with van der Waals surface area (Å²) in [6.45, 7) is 4.16. The maximum Gasteiger partial charge on any atom is 0.117 e. The first-order valence-electron chi connectivity index (χ1n) is 4.06. The van der Waals surface area contributed by atoms with Crippen LogP contribution in [0.5, 0.6) is 0 Å². The average molecular weight is 218 g/mol. The zero-order valence-electron chi connectivity index (χ0n) is 7.62. The van der Waals surface area contributed by atoms with Crippen LogP contribution >= 0.6 is 22.9 Å². The summed E-state index contributed by atoms with van der Waals surface area (Å²) in [5, 5.41) is 9.89. The molecule has 1 heterocycles. The van der Waals surface area contributed by atoms with Crippen LogP contribution in [-0.4, -0.2) is 16.7 Å². The molecule has 0 aliphatic rings. The minimum atomic E-state index is 0.0782. The second-order valence-corrected chi connectivity index (χ2v) is 4.73. The van der Waals surface area contributed by atoms with Gasteiger partial charge >= 0.3 is 0 Å². The van der Waals surface area contributed by atoms with Gasteiger partial charge < -0.3 is 5.11 Å². The van der Waals surface area contributed by atoms with Gasteiger partial charge in [-0.3, -0.25) is 0 Å². The van der Waals surface area contributed by atoms with Gasteiger partial charge in [0.15, 0.2) is 0 Å². The van der Waals surface area contributed by atoms with Crippen LogP contribution in [0.4, 0.5) is 0 Å². The molecule has 72 valence electrons. The number of hydrogen-bond acceptors (Lipinski definition) is 3. The fourth-order valence-corrected chi connectivity index (χ4v) is 1.79. The molecular formula is C9H12ClNOS. The highest BCUT2D eigenvalue weighted by atomic mass is 35.5. The Kier molecular flexibility index (Phi) is 3.90. The van der Waals surface area contributed by atoms with Crippen LogP contribution in [0.15, 0.2) is 11.8 Å². The highest BCUT2D eigenvalue weighted by molar-refractivity contribution is 7.16. The molecule has 0 atom stereocenters. The van der Waals surface area contributed by atoms with Crippen molar-refractivity contribution in [3.63, 3.8) is 0 Å². The van der Waals surface area contributed by atoms with Gasteiger partial charge in [-0.15, -0.1) is 11.3 Å². The summed E-state index contributed by atoms with van der Waals surface area (Å²) in [5.74, 6) is 0.340. The van der Waals surface area contributed by atoms with E-state index in [0.29, 0.717) is 10.3 Å². The lowest BCUT2D eigenvalue weighted by Gasteiger charge is -2.05. The Balaban J connectivity index is 2.84. The van der Waals surface area contributed by atoms with Gasteiger partial charge in [-0.25, -0.2) is 4.98 Å². The lowest BCUT2D eigenvalue weighted by atomic mass is 10.0. The first kappa shape index (κ1) is 10.7. The van der Waals surface area contributed by atoms with E-state index in [1.54, 1.807) is 6.20 Å². The van der Waals surface area contributed by atoms with E-state index in [9.17, 15) is 0 Å². The molecule has 0 spiro atoms. The fraction of sp³-hybridized carbons (Fsp3) is 0.444. The molecule has 1 aromatic heterocycles. The number of rotatable bonds is 3. The largest absolute Gasteiger partial charge is 0.392 e. The number of aliphatic hydroxyl groups excluding tert-OH is 1. The van der Waals surface area contributed by atoms with Crippen LogP contribution in [-0.2, 0) is 0 Å². The van der Waals surface area contributed by atoms with Gasteiger partial charge in [0.1, 0.15) is 9.34 Å². The van der Waals surface area contributed by atoms with E-state index in [2.05, 4.69) is 4.98 Å². The van der Waals surface area contributed by atoms with Gasteiger partial charge in [0.05, 0.1) is 12.8 Å². The van der Waals surface area contributed by atoms with Crippen molar-refractivity contribution in [2.45, 2.75) is 13.8 Å². The molecule has 0 bridgehead atoms. The summed E-state index contributed by atoms with van der Waals surface area (Å²) >= 11 is 7.15. The summed E-state index contributed by atoms with van der Waals surface area (Å²) in [7, 11) is 0. The van der Waals surface area contributed by atoms with Gasteiger partial charge in [0.2, 0.25) is 0 Å². The summed E-state index contributed by atoms with van der Waals surface area (Å²) in [6.07, 6.45) is 3.51. The number of halogens is 1. The number of thiazole rings is 1. The van der Waals surface area contributed by atoms with Crippen molar-refractivity contribution in [3.05, 3.63) is 21.1 Å². The number of aromatic nitrogens is 1. The zero-order chi connectivity index (χ0) is 9.84. The standard InChI is InChI=1S/C9H12ClNOS/c1-6(2)7(5-12)3-9-11-4-8(10)13-9/h3-4,6,12H,5H2,1-2H3/b7-3+. The molecule has 4 heteroatoms. The zero-order valence-corrected chi connectivity index (χ0v) is 9.19. The Labute approximate surface area is 86.9 Å². The molecule has 0 saturated carbocycles. The molecule has 1 N–H and O–H groups in total. The van der Waals surface area contributed by atoms with Crippen LogP contribution in [0.1, 0.15) is 18.9 Å². The van der Waals surface area contributed by atoms with E-state index < -0.39 is 0 Å². The van der Waals surface area contributed by atoms with Crippen molar-refractivity contribution in [3.8, 4) is 0 Å². The smallest absolute Gasteiger partial charge is 0.117 e. The van der Waals surface area contributed by atoms with Crippen molar-refractivity contribution in [2.75, 3.05) is 6.61 Å². The molecule has 13 heavy (non-hydrogen) atoms. The normalized spacial score (nSPS) is 12.5. The molecule has 1 rings (SSSR count). The van der Waals surface area contributed by atoms with Crippen LogP contribution in [0.25, 0.3) is 6.08 Å². The maximum absolute atomic E-state index is 9.04. The van der Waals surface area contributed by atoms with Crippen molar-refractivity contribution in [1.29, 1.82) is 0 Å². The molecule has 0 radical (unpaired) electrons. The summed E-state index contributed by atoms with van der Waals surface area (Å²) in [4.78, 5) is 4.08. The van der Waals surface area contributed by atoms with Crippen LogP contribution in [0.2, 0.25) is 4.34 Å². The third-order valence-electron chi connectivity index (χ3n) is 1.73. The highest BCUT2D eigenvalue weighted by Crippen LogP contribution is 2.22. The molecule has 2 nitrogen and oxygen atoms in total. The Hall–Kier alpha value is -0.380. The molecule has 0 aliphatic carbocycles. The summed E-state index contributed by atoms with van der Waals surface area (Å²) in [6, 6.07) is 0. The van der Waals surface area contributed by atoms with Gasteiger partial charge in [-0.05, 0) is 17.6 Å². The molecule has 0 saturated heterocycles. The number of aliphatic hydroxyl groups is 1. The predicted molar refractivity (Wildman–Crippen MR) is 57.0 cm³/mol. The van der Waals surface area contributed by atoms with E-state index in [1.807, 2.05) is 19.9 Å².